The first-order chi connectivity index (χ1) is 12.8. The lowest BCUT2D eigenvalue weighted by Crippen LogP contribution is -2.26. The Morgan fingerprint density at radius 3 is 2.81 bits per heavy atom. The Labute approximate surface area is 154 Å². The topological polar surface area (TPSA) is 57.3 Å². The van der Waals surface area contributed by atoms with Crippen molar-refractivity contribution < 1.29 is 9.84 Å². The highest BCUT2D eigenvalue weighted by atomic mass is 16.5. The summed E-state index contributed by atoms with van der Waals surface area (Å²) in [5.41, 5.74) is 5.01. The Bertz CT molecular complexity index is 857. The molecule has 136 valence electrons. The molecule has 0 bridgehead atoms. The van der Waals surface area contributed by atoms with Gasteiger partial charge < -0.3 is 20.1 Å². The molecule has 0 radical (unpaired) electrons. The fourth-order valence-electron chi connectivity index (χ4n) is 3.76. The van der Waals surface area contributed by atoms with E-state index in [-0.39, 0.29) is 0 Å². The molecule has 0 saturated carbocycles. The quantitative estimate of drug-likeness (QED) is 0.569. The van der Waals surface area contributed by atoms with E-state index in [1.54, 1.807) is 0 Å². The SMILES string of the molecule is O[C@H](CNCCOc1ccc2c3c([nH]c2c1)CCCC3)c1ccccc1. The molecule has 0 amide bonds. The van der Waals surface area contributed by atoms with Gasteiger partial charge in [0.05, 0.1) is 6.10 Å². The van der Waals surface area contributed by atoms with Crippen molar-refractivity contribution in [2.45, 2.75) is 31.8 Å². The second-order valence-corrected chi connectivity index (χ2v) is 6.98. The van der Waals surface area contributed by atoms with Crippen LogP contribution in [0.5, 0.6) is 5.75 Å². The fourth-order valence-corrected chi connectivity index (χ4v) is 3.76. The van der Waals surface area contributed by atoms with E-state index in [1.807, 2.05) is 30.3 Å². The van der Waals surface area contributed by atoms with Crippen LogP contribution in [0.3, 0.4) is 0 Å². The summed E-state index contributed by atoms with van der Waals surface area (Å²) in [6.07, 6.45) is 4.43. The molecule has 26 heavy (non-hydrogen) atoms. The minimum Gasteiger partial charge on any atom is -0.492 e. The maximum atomic E-state index is 10.1. The van der Waals surface area contributed by atoms with E-state index in [4.69, 9.17) is 4.74 Å². The lowest BCUT2D eigenvalue weighted by Gasteiger charge is -2.12. The van der Waals surface area contributed by atoms with Crippen molar-refractivity contribution in [1.82, 2.24) is 10.3 Å². The van der Waals surface area contributed by atoms with Crippen LogP contribution in [0.4, 0.5) is 0 Å². The summed E-state index contributed by atoms with van der Waals surface area (Å²) < 4.78 is 5.87. The molecule has 1 aliphatic rings. The number of H-pyrrole nitrogens is 1. The highest BCUT2D eigenvalue weighted by molar-refractivity contribution is 5.86. The van der Waals surface area contributed by atoms with Crippen molar-refractivity contribution in [1.29, 1.82) is 0 Å². The predicted octanol–water partition coefficient (Wildman–Crippen LogP) is 3.75. The highest BCUT2D eigenvalue weighted by Crippen LogP contribution is 2.31. The van der Waals surface area contributed by atoms with E-state index in [0.29, 0.717) is 19.7 Å². The molecule has 2 aromatic carbocycles. The summed E-state index contributed by atoms with van der Waals surface area (Å²) in [4.78, 5) is 3.56. The number of fused-ring (bicyclic) bond motifs is 3. The summed E-state index contributed by atoms with van der Waals surface area (Å²) in [7, 11) is 0. The molecular formula is C22H26N2O2. The lowest BCUT2D eigenvalue weighted by atomic mass is 9.96. The van der Waals surface area contributed by atoms with Crippen LogP contribution in [-0.4, -0.2) is 29.8 Å². The van der Waals surface area contributed by atoms with Crippen LogP contribution in [0.2, 0.25) is 0 Å². The molecule has 1 atom stereocenters. The average molecular weight is 350 g/mol. The predicted molar refractivity (Wildman–Crippen MR) is 105 cm³/mol. The van der Waals surface area contributed by atoms with Crippen LogP contribution in [0, 0.1) is 0 Å². The third-order valence-corrected chi connectivity index (χ3v) is 5.14. The molecule has 0 unspecified atom stereocenters. The molecule has 4 heteroatoms. The van der Waals surface area contributed by atoms with Crippen molar-refractivity contribution in [3.8, 4) is 5.75 Å². The van der Waals surface area contributed by atoms with Gasteiger partial charge in [-0.25, -0.2) is 0 Å². The third kappa shape index (κ3) is 3.76. The summed E-state index contributed by atoms with van der Waals surface area (Å²) >= 11 is 0. The summed E-state index contributed by atoms with van der Waals surface area (Å²) in [6, 6.07) is 16.1. The van der Waals surface area contributed by atoms with Crippen LogP contribution in [-0.2, 0) is 12.8 Å². The summed E-state index contributed by atoms with van der Waals surface area (Å²) in [5.74, 6) is 0.890. The Morgan fingerprint density at radius 2 is 1.92 bits per heavy atom. The molecule has 1 aromatic heterocycles. The number of aromatic nitrogens is 1. The number of aryl methyl sites for hydroxylation is 2. The normalized spacial score (nSPS) is 15.0. The second kappa shape index (κ2) is 7.94. The van der Waals surface area contributed by atoms with Gasteiger partial charge in [0.15, 0.2) is 0 Å². The number of benzene rings is 2. The molecule has 4 nitrogen and oxygen atoms in total. The molecule has 3 N–H and O–H groups in total. The molecule has 1 aliphatic carbocycles. The number of ether oxygens (including phenoxy) is 1. The van der Waals surface area contributed by atoms with E-state index in [2.05, 4.69) is 28.5 Å². The summed E-state index contributed by atoms with van der Waals surface area (Å²) in [5, 5.41) is 14.7. The van der Waals surface area contributed by atoms with Crippen LogP contribution in [0.25, 0.3) is 10.9 Å². The number of aliphatic hydroxyl groups is 1. The number of hydrogen-bond donors (Lipinski definition) is 3. The molecule has 3 aromatic rings. The average Bonchev–Trinajstić information content (AvgIpc) is 3.06. The Balaban J connectivity index is 1.27. The van der Waals surface area contributed by atoms with Crippen molar-refractivity contribution in [3.05, 3.63) is 65.4 Å². The maximum absolute atomic E-state index is 10.1. The number of hydrogen-bond acceptors (Lipinski definition) is 3. The van der Waals surface area contributed by atoms with Gasteiger partial charge in [-0.15, -0.1) is 0 Å². The fraction of sp³-hybridized carbons (Fsp3) is 0.364. The van der Waals surface area contributed by atoms with Gasteiger partial charge in [-0.05, 0) is 48.9 Å². The van der Waals surface area contributed by atoms with E-state index in [9.17, 15) is 5.11 Å². The van der Waals surface area contributed by atoms with Gasteiger partial charge in [0, 0.05) is 35.8 Å². The van der Waals surface area contributed by atoms with Gasteiger partial charge in [0.1, 0.15) is 12.4 Å². The van der Waals surface area contributed by atoms with Crippen molar-refractivity contribution in [3.63, 3.8) is 0 Å². The molecule has 4 rings (SSSR count). The zero-order chi connectivity index (χ0) is 17.8. The first-order valence-corrected chi connectivity index (χ1v) is 9.51. The molecule has 1 heterocycles. The van der Waals surface area contributed by atoms with Gasteiger partial charge in [-0.2, -0.15) is 0 Å². The minimum atomic E-state index is -0.488. The molecular weight excluding hydrogens is 324 g/mol. The zero-order valence-electron chi connectivity index (χ0n) is 15.0. The largest absolute Gasteiger partial charge is 0.492 e. The smallest absolute Gasteiger partial charge is 0.121 e. The van der Waals surface area contributed by atoms with Crippen LogP contribution < -0.4 is 10.1 Å². The van der Waals surface area contributed by atoms with Gasteiger partial charge in [0.2, 0.25) is 0 Å². The van der Waals surface area contributed by atoms with E-state index in [1.165, 1.54) is 41.4 Å². The third-order valence-electron chi connectivity index (χ3n) is 5.14. The Kier molecular flexibility index (Phi) is 5.23. The van der Waals surface area contributed by atoms with Gasteiger partial charge >= 0.3 is 0 Å². The number of nitrogens with one attached hydrogen (secondary N) is 2. The molecule has 0 saturated heterocycles. The summed E-state index contributed by atoms with van der Waals surface area (Å²) in [6.45, 7) is 1.80. The monoisotopic (exact) mass is 350 g/mol. The van der Waals surface area contributed by atoms with E-state index < -0.39 is 6.10 Å². The van der Waals surface area contributed by atoms with Crippen LogP contribution >= 0.6 is 0 Å². The van der Waals surface area contributed by atoms with Gasteiger partial charge in [-0.1, -0.05) is 30.3 Å². The Hall–Kier alpha value is -2.30. The van der Waals surface area contributed by atoms with E-state index >= 15 is 0 Å². The second-order valence-electron chi connectivity index (χ2n) is 6.98. The molecule has 0 spiro atoms. The number of rotatable bonds is 7. The van der Waals surface area contributed by atoms with Crippen LogP contribution in [0.1, 0.15) is 35.8 Å². The maximum Gasteiger partial charge on any atom is 0.121 e. The Morgan fingerprint density at radius 1 is 1.08 bits per heavy atom. The first-order valence-electron chi connectivity index (χ1n) is 9.51. The van der Waals surface area contributed by atoms with Crippen molar-refractivity contribution in [2.24, 2.45) is 0 Å². The van der Waals surface area contributed by atoms with E-state index in [0.717, 1.165) is 17.7 Å². The first kappa shape index (κ1) is 17.1. The number of aliphatic hydroxyl groups excluding tert-OH is 1. The molecule has 0 fully saturated rings. The highest BCUT2D eigenvalue weighted by Gasteiger charge is 2.15. The number of aromatic amines is 1. The minimum absolute atomic E-state index is 0.488. The standard InChI is InChI=1S/C22H26N2O2/c25-22(16-6-2-1-3-7-16)15-23-12-13-26-17-10-11-19-18-8-4-5-9-20(18)24-21(19)14-17/h1-3,6-7,10-11,14,22-25H,4-5,8-9,12-13,15H2/t22-/m1/s1. The van der Waals surface area contributed by atoms with Crippen molar-refractivity contribution in [2.75, 3.05) is 19.7 Å². The zero-order valence-corrected chi connectivity index (χ0v) is 15.0. The van der Waals surface area contributed by atoms with Gasteiger partial charge in [-0.3, -0.25) is 0 Å². The van der Waals surface area contributed by atoms with Crippen molar-refractivity contribution >= 4 is 10.9 Å². The molecule has 0 aliphatic heterocycles. The van der Waals surface area contributed by atoms with Crippen LogP contribution in [0.15, 0.2) is 48.5 Å². The lowest BCUT2D eigenvalue weighted by molar-refractivity contribution is 0.172. The van der Waals surface area contributed by atoms with Gasteiger partial charge in [0.25, 0.3) is 0 Å².